The molecule has 1 rings (SSSR count). The molecule has 1 aromatic rings. The van der Waals surface area contributed by atoms with Crippen molar-refractivity contribution < 1.29 is 4.39 Å². The van der Waals surface area contributed by atoms with E-state index in [0.29, 0.717) is 0 Å². The van der Waals surface area contributed by atoms with Gasteiger partial charge in [0.15, 0.2) is 0 Å². The minimum Gasteiger partial charge on any atom is -0.207 e. The van der Waals surface area contributed by atoms with Crippen LogP contribution >= 0.6 is 11.8 Å². The average Bonchev–Trinajstić information content (AvgIpc) is 2.09. The van der Waals surface area contributed by atoms with E-state index < -0.39 is 0 Å². The van der Waals surface area contributed by atoms with E-state index in [4.69, 9.17) is 0 Å². The summed E-state index contributed by atoms with van der Waals surface area (Å²) in [6.07, 6.45) is 0. The molecular formula is C12H17FS. The minimum atomic E-state index is -0.0713. The molecule has 0 atom stereocenters. The fourth-order valence-electron chi connectivity index (χ4n) is 1.42. The van der Waals surface area contributed by atoms with Crippen molar-refractivity contribution in [3.8, 4) is 0 Å². The van der Waals surface area contributed by atoms with Gasteiger partial charge in [0.25, 0.3) is 0 Å². The van der Waals surface area contributed by atoms with Crippen LogP contribution in [0.2, 0.25) is 0 Å². The lowest BCUT2D eigenvalue weighted by molar-refractivity contribution is 0.595. The lowest BCUT2D eigenvalue weighted by Crippen LogP contribution is -1.95. The van der Waals surface area contributed by atoms with Crippen molar-refractivity contribution in [3.05, 3.63) is 29.1 Å². The van der Waals surface area contributed by atoms with Crippen LogP contribution in [0.15, 0.2) is 17.0 Å². The molecule has 0 amide bonds. The standard InChI is InChI=1S/C12H17FS/c1-5-14-12-7-10(8(2)3)11(13)6-9(12)4/h6-8H,5H2,1-4H3. The first-order valence-corrected chi connectivity index (χ1v) is 5.97. The van der Waals surface area contributed by atoms with Crippen LogP contribution in [0.5, 0.6) is 0 Å². The Kier molecular flexibility index (Phi) is 3.99. The Morgan fingerprint density at radius 2 is 2.00 bits per heavy atom. The van der Waals surface area contributed by atoms with E-state index in [0.717, 1.165) is 16.9 Å². The van der Waals surface area contributed by atoms with E-state index in [1.54, 1.807) is 17.8 Å². The summed E-state index contributed by atoms with van der Waals surface area (Å²) in [4.78, 5) is 1.21. The number of hydrogen-bond acceptors (Lipinski definition) is 1. The molecule has 0 heterocycles. The van der Waals surface area contributed by atoms with E-state index >= 15 is 0 Å². The Hall–Kier alpha value is -0.500. The summed E-state index contributed by atoms with van der Waals surface area (Å²) in [5.74, 6) is 1.22. The van der Waals surface area contributed by atoms with Gasteiger partial charge in [0.1, 0.15) is 5.82 Å². The average molecular weight is 212 g/mol. The van der Waals surface area contributed by atoms with Crippen LogP contribution in [0.1, 0.15) is 37.8 Å². The number of aryl methyl sites for hydroxylation is 1. The first-order chi connectivity index (χ1) is 6.56. The maximum atomic E-state index is 13.5. The van der Waals surface area contributed by atoms with Crippen molar-refractivity contribution >= 4 is 11.8 Å². The Morgan fingerprint density at radius 3 is 2.50 bits per heavy atom. The lowest BCUT2D eigenvalue weighted by Gasteiger charge is -2.11. The molecule has 0 unspecified atom stereocenters. The van der Waals surface area contributed by atoms with E-state index in [9.17, 15) is 4.39 Å². The number of thioether (sulfide) groups is 1. The maximum absolute atomic E-state index is 13.5. The molecule has 0 radical (unpaired) electrons. The SMILES string of the molecule is CCSc1cc(C(C)C)c(F)cc1C. The van der Waals surface area contributed by atoms with Gasteiger partial charge in [0.05, 0.1) is 0 Å². The highest BCUT2D eigenvalue weighted by Crippen LogP contribution is 2.28. The summed E-state index contributed by atoms with van der Waals surface area (Å²) < 4.78 is 13.5. The van der Waals surface area contributed by atoms with Crippen LogP contribution in [-0.4, -0.2) is 5.75 Å². The van der Waals surface area contributed by atoms with E-state index in [2.05, 4.69) is 6.92 Å². The van der Waals surface area contributed by atoms with E-state index in [1.807, 2.05) is 26.8 Å². The molecule has 0 aliphatic rings. The minimum absolute atomic E-state index is 0.0713. The third kappa shape index (κ3) is 2.50. The molecule has 0 bridgehead atoms. The molecule has 0 N–H and O–H groups in total. The van der Waals surface area contributed by atoms with Crippen LogP contribution in [0, 0.1) is 12.7 Å². The Morgan fingerprint density at radius 1 is 1.36 bits per heavy atom. The van der Waals surface area contributed by atoms with E-state index in [1.165, 1.54) is 4.90 Å². The fourth-order valence-corrected chi connectivity index (χ4v) is 2.23. The van der Waals surface area contributed by atoms with Crippen molar-refractivity contribution in [1.29, 1.82) is 0 Å². The molecule has 78 valence electrons. The van der Waals surface area contributed by atoms with Gasteiger partial charge in [-0.25, -0.2) is 4.39 Å². The summed E-state index contributed by atoms with van der Waals surface area (Å²) >= 11 is 1.78. The highest BCUT2D eigenvalue weighted by Gasteiger charge is 2.09. The van der Waals surface area contributed by atoms with Crippen molar-refractivity contribution in [2.45, 2.75) is 38.5 Å². The summed E-state index contributed by atoms with van der Waals surface area (Å²) in [5.41, 5.74) is 1.87. The van der Waals surface area contributed by atoms with Crippen molar-refractivity contribution in [3.63, 3.8) is 0 Å². The second-order valence-electron chi connectivity index (χ2n) is 3.73. The van der Waals surface area contributed by atoms with E-state index in [-0.39, 0.29) is 11.7 Å². The number of benzene rings is 1. The van der Waals surface area contributed by atoms with Gasteiger partial charge in [0, 0.05) is 4.90 Å². The molecule has 0 nitrogen and oxygen atoms in total. The molecule has 0 saturated heterocycles. The number of hydrogen-bond donors (Lipinski definition) is 0. The summed E-state index contributed by atoms with van der Waals surface area (Å²) in [7, 11) is 0. The predicted octanol–water partition coefficient (Wildman–Crippen LogP) is 4.37. The predicted molar refractivity (Wildman–Crippen MR) is 61.6 cm³/mol. The van der Waals surface area contributed by atoms with Gasteiger partial charge < -0.3 is 0 Å². The second-order valence-corrected chi connectivity index (χ2v) is 5.03. The third-order valence-electron chi connectivity index (χ3n) is 2.22. The number of rotatable bonds is 3. The second kappa shape index (κ2) is 4.83. The van der Waals surface area contributed by atoms with Gasteiger partial charge >= 0.3 is 0 Å². The zero-order valence-electron chi connectivity index (χ0n) is 9.23. The van der Waals surface area contributed by atoms with Crippen molar-refractivity contribution in [2.75, 3.05) is 5.75 Å². The zero-order valence-corrected chi connectivity index (χ0v) is 10.0. The first-order valence-electron chi connectivity index (χ1n) is 4.99. The summed E-state index contributed by atoms with van der Waals surface area (Å²) in [5, 5.41) is 0. The van der Waals surface area contributed by atoms with Crippen LogP contribution in [-0.2, 0) is 0 Å². The zero-order chi connectivity index (χ0) is 10.7. The van der Waals surface area contributed by atoms with Crippen molar-refractivity contribution in [1.82, 2.24) is 0 Å². The number of halogens is 1. The normalized spacial score (nSPS) is 11.0. The molecule has 0 aliphatic carbocycles. The molecule has 0 aromatic heterocycles. The van der Waals surface area contributed by atoms with Gasteiger partial charge in [-0.3, -0.25) is 0 Å². The first kappa shape index (κ1) is 11.6. The molecule has 1 aromatic carbocycles. The van der Waals surface area contributed by atoms with Gasteiger partial charge in [-0.05, 0) is 41.9 Å². The van der Waals surface area contributed by atoms with Gasteiger partial charge in [-0.1, -0.05) is 20.8 Å². The molecule has 14 heavy (non-hydrogen) atoms. The lowest BCUT2D eigenvalue weighted by atomic mass is 10.0. The maximum Gasteiger partial charge on any atom is 0.126 e. The van der Waals surface area contributed by atoms with Crippen LogP contribution < -0.4 is 0 Å². The molecule has 0 spiro atoms. The monoisotopic (exact) mass is 212 g/mol. The molecular weight excluding hydrogens is 195 g/mol. The Labute approximate surface area is 89.9 Å². The van der Waals surface area contributed by atoms with Crippen LogP contribution in [0.25, 0.3) is 0 Å². The quantitative estimate of drug-likeness (QED) is 0.670. The summed E-state index contributed by atoms with van der Waals surface area (Å²) in [6.45, 7) is 8.12. The molecule has 0 fully saturated rings. The topological polar surface area (TPSA) is 0 Å². The Bertz CT molecular complexity index is 318. The van der Waals surface area contributed by atoms with Gasteiger partial charge in [-0.2, -0.15) is 0 Å². The van der Waals surface area contributed by atoms with Gasteiger partial charge in [0.2, 0.25) is 0 Å². The molecule has 0 aliphatic heterocycles. The summed E-state index contributed by atoms with van der Waals surface area (Å²) in [6, 6.07) is 3.64. The highest BCUT2D eigenvalue weighted by atomic mass is 32.2. The van der Waals surface area contributed by atoms with Crippen LogP contribution in [0.3, 0.4) is 0 Å². The van der Waals surface area contributed by atoms with Gasteiger partial charge in [-0.15, -0.1) is 11.8 Å². The third-order valence-corrected chi connectivity index (χ3v) is 3.26. The molecule has 0 saturated carbocycles. The fraction of sp³-hybridized carbons (Fsp3) is 0.500. The smallest absolute Gasteiger partial charge is 0.126 e. The molecule has 2 heteroatoms. The largest absolute Gasteiger partial charge is 0.207 e. The Balaban J connectivity index is 3.13. The highest BCUT2D eigenvalue weighted by molar-refractivity contribution is 7.99. The van der Waals surface area contributed by atoms with Crippen LogP contribution in [0.4, 0.5) is 4.39 Å². The van der Waals surface area contributed by atoms with Crippen molar-refractivity contribution in [2.24, 2.45) is 0 Å².